The zero-order valence-electron chi connectivity index (χ0n) is 35.8. The van der Waals surface area contributed by atoms with Crippen LogP contribution in [0.25, 0.3) is 19.5 Å². The second-order valence-corrected chi connectivity index (χ2v) is 24.7. The van der Waals surface area contributed by atoms with Crippen LogP contribution < -0.4 is 0 Å². The molecule has 7 heteroatoms. The molecule has 7 rings (SSSR count). The van der Waals surface area contributed by atoms with Crippen LogP contribution in [0.4, 0.5) is 0 Å². The third kappa shape index (κ3) is 8.04. The SMILES string of the molecule is CCCCc1ccc(S2(CC(CC)CCCC)c3cc(-c4sc(C(C)(C)C)c5c4C(=O)N(CCCCc4ccccc4)C5=O)sc3-c3sc(C(C)(C)C)cc32)cc1. The van der Waals surface area contributed by atoms with Gasteiger partial charge in [-0.1, -0.05) is 130 Å². The van der Waals surface area contributed by atoms with Gasteiger partial charge in [0.25, 0.3) is 11.8 Å². The number of carbonyl (C=O) groups is 2. The number of thiophene rings is 3. The fraction of sp³-hybridized carbons (Fsp3) is 0.480. The van der Waals surface area contributed by atoms with Crippen LogP contribution in [0.5, 0.6) is 0 Å². The van der Waals surface area contributed by atoms with E-state index in [-0.39, 0.29) is 22.6 Å². The highest BCUT2D eigenvalue weighted by Gasteiger charge is 2.48. The summed E-state index contributed by atoms with van der Waals surface area (Å²) in [5.41, 5.74) is 3.80. The van der Waals surface area contributed by atoms with E-state index in [0.717, 1.165) is 46.1 Å². The number of nitrogens with zero attached hydrogens (tertiary/aromatic N) is 1. The molecule has 0 saturated carbocycles. The molecule has 0 radical (unpaired) electrons. The quantitative estimate of drug-likeness (QED) is 0.0733. The highest BCUT2D eigenvalue weighted by molar-refractivity contribution is 8.34. The lowest BCUT2D eigenvalue weighted by atomic mass is 9.90. The number of hydrogen-bond acceptors (Lipinski definition) is 5. The molecular formula is C50H63NO2S4. The summed E-state index contributed by atoms with van der Waals surface area (Å²) >= 11 is 5.57. The molecule has 2 aromatic carbocycles. The predicted molar refractivity (Wildman–Crippen MR) is 249 cm³/mol. The Morgan fingerprint density at radius 1 is 0.649 bits per heavy atom. The average molecular weight is 838 g/mol. The first-order valence-corrected chi connectivity index (χ1v) is 25.7. The maximum absolute atomic E-state index is 14.6. The molecule has 304 valence electrons. The van der Waals surface area contributed by atoms with Crippen LogP contribution in [0, 0.1) is 5.92 Å². The molecule has 2 unspecified atom stereocenters. The standard InChI is InChI=1S/C50H63NO2S4/c1-10-13-20-33(12-3)32-57(36-27-25-35(26-28-36)21-14-11-2)38-30-37(54-44(38)45-39(57)31-40(55-45)49(4,5)6)43-41-42(46(56-43)50(7,8)9)48(53)51(47(41)52)29-19-18-24-34-22-16-15-17-23-34/h15-17,22-23,25-28,30-31,33H,10-14,18-21,24,29,32H2,1-9H3. The summed E-state index contributed by atoms with van der Waals surface area (Å²) in [6, 6.07) is 25.4. The Hall–Kier alpha value is -2.97. The molecule has 2 amide bonds. The Morgan fingerprint density at radius 2 is 1.28 bits per heavy atom. The van der Waals surface area contributed by atoms with Gasteiger partial charge in [0.05, 0.1) is 25.8 Å². The van der Waals surface area contributed by atoms with E-state index in [1.165, 1.54) is 74.1 Å². The van der Waals surface area contributed by atoms with Crippen LogP contribution in [-0.4, -0.2) is 29.0 Å². The van der Waals surface area contributed by atoms with E-state index in [4.69, 9.17) is 0 Å². The van der Waals surface area contributed by atoms with E-state index < -0.39 is 10.0 Å². The molecule has 57 heavy (non-hydrogen) atoms. The number of unbranched alkanes of at least 4 members (excludes halogenated alkanes) is 3. The van der Waals surface area contributed by atoms with Crippen molar-refractivity contribution in [2.24, 2.45) is 5.92 Å². The molecule has 5 aromatic rings. The van der Waals surface area contributed by atoms with E-state index in [0.29, 0.717) is 23.6 Å². The van der Waals surface area contributed by atoms with Gasteiger partial charge in [-0.15, -0.1) is 34.0 Å². The Labute approximate surface area is 356 Å². The van der Waals surface area contributed by atoms with Crippen LogP contribution in [0.1, 0.15) is 155 Å². The normalized spacial score (nSPS) is 18.2. The lowest BCUT2D eigenvalue weighted by Crippen LogP contribution is -2.31. The van der Waals surface area contributed by atoms with Gasteiger partial charge in [-0.25, -0.2) is 0 Å². The van der Waals surface area contributed by atoms with Crippen molar-refractivity contribution >= 4 is 55.9 Å². The van der Waals surface area contributed by atoms with Gasteiger partial charge in [-0.3, -0.25) is 14.5 Å². The molecule has 0 bridgehead atoms. The molecular weight excluding hydrogens is 775 g/mol. The van der Waals surface area contributed by atoms with Crippen molar-refractivity contribution in [2.75, 3.05) is 12.3 Å². The minimum atomic E-state index is -1.61. The van der Waals surface area contributed by atoms with Crippen molar-refractivity contribution in [3.8, 4) is 19.5 Å². The average Bonchev–Trinajstić information content (AvgIpc) is 3.99. The number of aryl methyl sites for hydroxylation is 2. The van der Waals surface area contributed by atoms with Crippen molar-refractivity contribution in [3.63, 3.8) is 0 Å². The molecule has 2 aliphatic rings. The first-order chi connectivity index (χ1) is 27.2. The summed E-state index contributed by atoms with van der Waals surface area (Å²) < 4.78 is 0. The second kappa shape index (κ2) is 17.0. The Kier molecular flexibility index (Phi) is 12.5. The van der Waals surface area contributed by atoms with Crippen LogP contribution in [0.3, 0.4) is 0 Å². The van der Waals surface area contributed by atoms with Gasteiger partial charge in [-0.2, -0.15) is 10.0 Å². The van der Waals surface area contributed by atoms with Gasteiger partial charge in [0.15, 0.2) is 0 Å². The summed E-state index contributed by atoms with van der Waals surface area (Å²) in [5, 5.41) is 0. The van der Waals surface area contributed by atoms with Gasteiger partial charge < -0.3 is 0 Å². The second-order valence-electron chi connectivity index (χ2n) is 18.4. The summed E-state index contributed by atoms with van der Waals surface area (Å²) in [4.78, 5) is 42.4. The van der Waals surface area contributed by atoms with E-state index >= 15 is 0 Å². The molecule has 3 nitrogen and oxygen atoms in total. The van der Waals surface area contributed by atoms with Crippen LogP contribution in [0.2, 0.25) is 0 Å². The third-order valence-electron chi connectivity index (χ3n) is 11.9. The molecule has 0 saturated heterocycles. The molecule has 0 N–H and O–H groups in total. The summed E-state index contributed by atoms with van der Waals surface area (Å²) in [6.45, 7) is 21.0. The fourth-order valence-corrected chi connectivity index (χ4v) is 18.2. The van der Waals surface area contributed by atoms with Gasteiger partial charge in [0.2, 0.25) is 0 Å². The van der Waals surface area contributed by atoms with Crippen LogP contribution >= 0.6 is 44.0 Å². The predicted octanol–water partition coefficient (Wildman–Crippen LogP) is 15.6. The molecule has 2 atom stereocenters. The molecule has 5 heterocycles. The topological polar surface area (TPSA) is 37.4 Å². The minimum Gasteiger partial charge on any atom is -0.274 e. The highest BCUT2D eigenvalue weighted by Crippen LogP contribution is 2.80. The van der Waals surface area contributed by atoms with Crippen molar-refractivity contribution in [1.82, 2.24) is 4.90 Å². The van der Waals surface area contributed by atoms with E-state index in [9.17, 15) is 9.59 Å². The Balaban J connectivity index is 1.36. The smallest absolute Gasteiger partial charge is 0.263 e. The Morgan fingerprint density at radius 3 is 1.93 bits per heavy atom. The number of rotatable bonds is 16. The van der Waals surface area contributed by atoms with E-state index in [1.54, 1.807) is 21.1 Å². The number of fused-ring (bicyclic) bond motifs is 4. The Bertz CT molecular complexity index is 2210. The van der Waals surface area contributed by atoms with Crippen molar-refractivity contribution in [3.05, 3.63) is 98.7 Å². The van der Waals surface area contributed by atoms with Crippen molar-refractivity contribution in [2.45, 2.75) is 152 Å². The molecule has 0 aliphatic carbocycles. The first kappa shape index (κ1) is 42.2. The largest absolute Gasteiger partial charge is 0.274 e. The lowest BCUT2D eigenvalue weighted by molar-refractivity contribution is 0.0651. The summed E-state index contributed by atoms with van der Waals surface area (Å²) in [5.74, 6) is 1.56. The van der Waals surface area contributed by atoms with Gasteiger partial charge >= 0.3 is 0 Å². The van der Waals surface area contributed by atoms with Crippen molar-refractivity contribution in [1.29, 1.82) is 0 Å². The molecule has 2 aliphatic heterocycles. The van der Waals surface area contributed by atoms with Gasteiger partial charge in [-0.05, 0) is 101 Å². The maximum Gasteiger partial charge on any atom is 0.263 e. The number of imide groups is 1. The summed E-state index contributed by atoms with van der Waals surface area (Å²) in [7, 11) is -1.61. The summed E-state index contributed by atoms with van der Waals surface area (Å²) in [6.07, 6.45) is 11.1. The van der Waals surface area contributed by atoms with E-state index in [1.807, 2.05) is 28.7 Å². The fourth-order valence-electron chi connectivity index (χ4n) is 8.58. The zero-order chi connectivity index (χ0) is 40.7. The van der Waals surface area contributed by atoms with Gasteiger partial charge in [0.1, 0.15) is 0 Å². The number of benzene rings is 2. The van der Waals surface area contributed by atoms with Crippen LogP contribution in [-0.2, 0) is 23.7 Å². The monoisotopic (exact) mass is 837 g/mol. The highest BCUT2D eigenvalue weighted by atomic mass is 32.3. The zero-order valence-corrected chi connectivity index (χ0v) is 39.1. The van der Waals surface area contributed by atoms with E-state index in [2.05, 4.69) is 123 Å². The first-order valence-electron chi connectivity index (χ1n) is 21.5. The lowest BCUT2D eigenvalue weighted by Gasteiger charge is -2.41. The van der Waals surface area contributed by atoms with Crippen molar-refractivity contribution < 1.29 is 9.59 Å². The maximum atomic E-state index is 14.6. The number of amides is 2. The van der Waals surface area contributed by atoms with Gasteiger partial charge in [0, 0.05) is 31.0 Å². The molecule has 0 spiro atoms. The third-order valence-corrected chi connectivity index (χ3v) is 21.0. The minimum absolute atomic E-state index is 0.0460. The molecule has 0 fully saturated rings. The number of carbonyl (C=O) groups excluding carboxylic acids is 2. The number of hydrogen-bond donors (Lipinski definition) is 0. The van der Waals surface area contributed by atoms with Crippen LogP contribution in [0.15, 0.2) is 81.4 Å². The molecule has 3 aromatic heterocycles.